The molecule has 8 rings (SSSR count). The van der Waals surface area contributed by atoms with Gasteiger partial charge in [0.25, 0.3) is 0 Å². The summed E-state index contributed by atoms with van der Waals surface area (Å²) in [6.07, 6.45) is 4.62. The van der Waals surface area contributed by atoms with Crippen LogP contribution in [0.25, 0.3) is 0 Å². The van der Waals surface area contributed by atoms with Crippen molar-refractivity contribution in [3.8, 4) is 69.0 Å². The molecule has 0 spiro atoms. The van der Waals surface area contributed by atoms with Crippen LogP contribution >= 0.6 is 181 Å². The molecule has 8 N–H and O–H groups in total. The maximum atomic E-state index is 11.6. The molecular formula is C65H62I8N2O15S. The zero-order chi connectivity index (χ0) is 67.1. The van der Waals surface area contributed by atoms with Gasteiger partial charge in [-0.15, -0.1) is 0 Å². The lowest BCUT2D eigenvalue weighted by Gasteiger charge is -2.14. The summed E-state index contributed by atoms with van der Waals surface area (Å²) >= 11 is 17.7. The molecule has 0 aliphatic rings. The smallest absolute Gasteiger partial charge is 0.303 e. The lowest BCUT2D eigenvalue weighted by molar-refractivity contribution is -0.137. The number of carboxylic acids is 1. The summed E-state index contributed by atoms with van der Waals surface area (Å²) < 4.78 is 60.5. The molecular weight excluding hydrogens is 2100 g/mol. The summed E-state index contributed by atoms with van der Waals surface area (Å²) in [6, 6.07) is 41.2. The highest BCUT2D eigenvalue weighted by Crippen LogP contribution is 2.39. The number of hydrogen-bond donors (Lipinski definition) is 7. The number of benzene rings is 8. The number of sulfonamides is 1. The summed E-state index contributed by atoms with van der Waals surface area (Å²) in [6.45, 7) is 3.71. The normalized spacial score (nSPS) is 11.1. The van der Waals surface area contributed by atoms with Gasteiger partial charge in [-0.05, 0) is 375 Å². The molecule has 26 heteroatoms. The second-order valence-corrected chi connectivity index (χ2v) is 30.7. The monoisotopic (exact) mass is 2160 g/mol. The Morgan fingerprint density at radius 3 is 1.35 bits per heavy atom. The van der Waals surface area contributed by atoms with Crippen molar-refractivity contribution in [1.29, 1.82) is 0 Å². The van der Waals surface area contributed by atoms with E-state index in [4.69, 9.17) is 39.6 Å². The number of carbonyl (C=O) groups is 3. The van der Waals surface area contributed by atoms with Crippen LogP contribution in [0.3, 0.4) is 0 Å². The quantitative estimate of drug-likeness (QED) is 0.0293. The Bertz CT molecular complexity index is 3830. The molecule has 0 aliphatic carbocycles. The molecule has 1 amide bonds. The van der Waals surface area contributed by atoms with Crippen molar-refractivity contribution >= 4 is 208 Å². The molecule has 0 bridgehead atoms. The predicted molar refractivity (Wildman–Crippen MR) is 419 cm³/mol. The fourth-order valence-electron chi connectivity index (χ4n) is 7.82. The first-order valence-electron chi connectivity index (χ1n) is 27.3. The number of Topliss-reactive ketones (excluding diaryl/α,β-unsaturated/α-hetero) is 1. The molecule has 0 aromatic heterocycles. The first-order valence-corrected chi connectivity index (χ1v) is 37.8. The number of phenolic OH excluding ortho intramolecular Hbond substituents is 3. The summed E-state index contributed by atoms with van der Waals surface area (Å²) in [5.41, 5.74) is 10.7. The van der Waals surface area contributed by atoms with Gasteiger partial charge in [0.15, 0.2) is 23.0 Å². The summed E-state index contributed by atoms with van der Waals surface area (Å²) in [5, 5.41) is 46.0. The van der Waals surface area contributed by atoms with Gasteiger partial charge < -0.3 is 55.0 Å². The summed E-state index contributed by atoms with van der Waals surface area (Å²) in [7, 11) is -1.89. The van der Waals surface area contributed by atoms with Crippen molar-refractivity contribution in [1.82, 2.24) is 4.72 Å². The molecule has 17 nitrogen and oxygen atoms in total. The van der Waals surface area contributed by atoms with E-state index < -0.39 is 21.9 Å². The van der Waals surface area contributed by atoms with Crippen molar-refractivity contribution < 1.29 is 72.0 Å². The number of amides is 1. The molecule has 484 valence electrons. The first-order chi connectivity index (χ1) is 43.0. The van der Waals surface area contributed by atoms with E-state index in [0.29, 0.717) is 66.6 Å². The Morgan fingerprint density at radius 2 is 0.934 bits per heavy atom. The fraction of sp³-hybridized carbons (Fsp3) is 0.215. The average molecular weight is 2160 g/mol. The Morgan fingerprint density at radius 1 is 0.527 bits per heavy atom. The average Bonchev–Trinajstić information content (AvgIpc) is 1.09. The summed E-state index contributed by atoms with van der Waals surface area (Å²) in [5.74, 6) is 6.09. The number of aliphatic hydroxyl groups excluding tert-OH is 1. The predicted octanol–water partition coefficient (Wildman–Crippen LogP) is 17.0. The van der Waals surface area contributed by atoms with E-state index in [2.05, 4.69) is 193 Å². The second-order valence-electron chi connectivity index (χ2n) is 19.8. The minimum atomic E-state index is -3.53. The SMILES string of the molecule is CCC(=O)CCc1cc(I)c(Oc2ccc(OC)cc2)c(I)c1.CS(=O)(=O)NC(=O)CCc1cc(I)c(Oc2ccc(O)cc2)c(I)c1.Cc1cc(Oc2c(I)cc(C[C@H](N)CO)cc2I)ccc1O.O=C(O)CCc1ccc(I)c(Oc2ccc(O)cc2)c1I. The number of aliphatic carboxylic acids is 1. The molecule has 91 heavy (non-hydrogen) atoms. The number of aliphatic hydroxyl groups is 1. The number of halogens is 8. The van der Waals surface area contributed by atoms with Crippen LogP contribution in [-0.4, -0.2) is 77.6 Å². The zero-order valence-corrected chi connectivity index (χ0v) is 67.1. The minimum absolute atomic E-state index is 0.0296. The van der Waals surface area contributed by atoms with Gasteiger partial charge in [-0.3, -0.25) is 19.1 Å². The highest BCUT2D eigenvalue weighted by Gasteiger charge is 2.18. The maximum Gasteiger partial charge on any atom is 0.303 e. The van der Waals surface area contributed by atoms with Gasteiger partial charge in [-0.25, -0.2) is 8.42 Å². The van der Waals surface area contributed by atoms with Gasteiger partial charge in [0.05, 0.1) is 48.5 Å². The highest BCUT2D eigenvalue weighted by molar-refractivity contribution is 14.1. The third kappa shape index (κ3) is 27.3. The first kappa shape index (κ1) is 78.2. The number of hydrogen-bond acceptors (Lipinski definition) is 15. The highest BCUT2D eigenvalue weighted by atomic mass is 127. The second kappa shape index (κ2) is 38.9. The van der Waals surface area contributed by atoms with Crippen molar-refractivity contribution in [2.24, 2.45) is 5.73 Å². The molecule has 0 aliphatic heterocycles. The Kier molecular flexibility index (Phi) is 33.4. The van der Waals surface area contributed by atoms with Crippen molar-refractivity contribution in [2.75, 3.05) is 20.0 Å². The van der Waals surface area contributed by atoms with Gasteiger partial charge in [-0.2, -0.15) is 0 Å². The topological polar surface area (TPSA) is 271 Å². The number of nitrogens with one attached hydrogen (secondary N) is 1. The van der Waals surface area contributed by atoms with Crippen molar-refractivity contribution in [3.63, 3.8) is 0 Å². The molecule has 8 aromatic carbocycles. The minimum Gasteiger partial charge on any atom is -0.508 e. The van der Waals surface area contributed by atoms with Gasteiger partial charge >= 0.3 is 5.97 Å². The van der Waals surface area contributed by atoms with Gasteiger partial charge in [-0.1, -0.05) is 13.0 Å². The largest absolute Gasteiger partial charge is 0.508 e. The van der Waals surface area contributed by atoms with Gasteiger partial charge in [0.2, 0.25) is 15.9 Å². The third-order valence-corrected chi connectivity index (χ3v) is 19.9. The van der Waals surface area contributed by atoms with Crippen LogP contribution in [0.1, 0.15) is 60.4 Å². The van der Waals surface area contributed by atoms with Crippen LogP contribution in [0, 0.1) is 35.5 Å². The number of ketones is 1. The van der Waals surface area contributed by atoms with Crippen LogP contribution in [0.5, 0.6) is 69.0 Å². The standard InChI is InChI=1S/C18H18I2O3.C16H15I2NO5S.C16H17I2NO3.C15H12I2O4/c1-3-13(21)5-4-12-10-16(19)18(17(20)11-12)23-15-8-6-14(22-2)7-9-15;1-25(22,23)19-15(21)7-2-10-8-13(17)16(14(18)9-10)24-12-5-3-11(20)4-6-12;1-9-4-12(2-3-15(9)21)22-16-13(17)6-10(7-14(16)18)5-11(19)8-20;16-12-7-1-9(2-8-13(19)20)14(17)15(12)21-11-5-3-10(18)4-6-11/h6-11H,3-5H2,1-2H3;3-6,8-9,20H,2,7H2,1H3,(H,19,21);2-4,6-7,11,20-21H,5,8,19H2,1H3;1,3-7,18H,2,8H2,(H,19,20)/t;;11-;/m..0./s1. The molecule has 0 saturated heterocycles. The molecule has 0 fully saturated rings. The number of nitrogens with two attached hydrogens (primary N) is 1. The number of ether oxygens (including phenoxy) is 5. The van der Waals surface area contributed by atoms with Crippen LogP contribution in [0.4, 0.5) is 0 Å². The van der Waals surface area contributed by atoms with Crippen LogP contribution in [0.2, 0.25) is 0 Å². The number of carbonyl (C=O) groups excluding carboxylic acids is 2. The number of aromatic hydroxyl groups is 3. The van der Waals surface area contributed by atoms with E-state index in [1.807, 2.05) is 79.2 Å². The molecule has 0 unspecified atom stereocenters. The van der Waals surface area contributed by atoms with E-state index in [0.717, 1.165) is 86.5 Å². The number of phenols is 3. The zero-order valence-electron chi connectivity index (χ0n) is 49.0. The number of carboxylic acid groups (broad SMARTS) is 1. The molecule has 1 atom stereocenters. The van der Waals surface area contributed by atoms with E-state index >= 15 is 0 Å². The Balaban J connectivity index is 0.000000221. The molecule has 0 heterocycles. The van der Waals surface area contributed by atoms with E-state index in [1.54, 1.807) is 73.8 Å². The third-order valence-electron chi connectivity index (χ3n) is 12.5. The number of aryl methyl sites for hydroxylation is 4. The van der Waals surface area contributed by atoms with E-state index in [-0.39, 0.29) is 42.7 Å². The fourth-order valence-corrected chi connectivity index (χ4v) is 16.6. The lowest BCUT2D eigenvalue weighted by atomic mass is 10.1. The molecule has 0 radical (unpaired) electrons. The molecule has 8 aromatic rings. The Labute approximate surface area is 638 Å². The van der Waals surface area contributed by atoms with Crippen LogP contribution in [0.15, 0.2) is 140 Å². The lowest BCUT2D eigenvalue weighted by Crippen LogP contribution is -2.29. The van der Waals surface area contributed by atoms with E-state index in [9.17, 15) is 38.1 Å². The van der Waals surface area contributed by atoms with Crippen molar-refractivity contribution in [2.45, 2.75) is 71.3 Å². The van der Waals surface area contributed by atoms with Gasteiger partial charge in [0, 0.05) is 31.7 Å². The molecule has 0 saturated carbocycles. The number of methoxy groups -OCH3 is 1. The summed E-state index contributed by atoms with van der Waals surface area (Å²) in [4.78, 5) is 33.8. The van der Waals surface area contributed by atoms with E-state index in [1.165, 1.54) is 5.56 Å². The maximum absolute atomic E-state index is 11.6. The van der Waals surface area contributed by atoms with Crippen LogP contribution in [-0.2, 0) is 50.1 Å². The number of rotatable bonds is 23. The van der Waals surface area contributed by atoms with Crippen LogP contribution < -0.4 is 34.1 Å². The van der Waals surface area contributed by atoms with Gasteiger partial charge in [0.1, 0.15) is 51.8 Å². The Hall–Kier alpha value is -3.52. The van der Waals surface area contributed by atoms with Crippen molar-refractivity contribution in [3.05, 3.63) is 196 Å².